The van der Waals surface area contributed by atoms with Crippen molar-refractivity contribution in [2.45, 2.75) is 19.0 Å². The molecule has 7 nitrogen and oxygen atoms in total. The molecule has 1 heterocycles. The van der Waals surface area contributed by atoms with E-state index in [9.17, 15) is 9.18 Å². The first-order valence-corrected chi connectivity index (χ1v) is 9.26. The maximum atomic E-state index is 13.3. The Balaban J connectivity index is 1.70. The number of thioether (sulfide) groups is 1. The standard InChI is InChI=1S/C18H18FN5O2S/c1-3-26-16-7-5-4-6-15(16)24-18(21-22-23-24)27-11-17(25)20-14-10-13(19)9-8-12(14)2/h4-10H,3,11H2,1-2H3,(H,20,25). The molecule has 1 aromatic heterocycles. The molecular formula is C18H18FN5O2S. The van der Waals surface area contributed by atoms with Gasteiger partial charge in [0.15, 0.2) is 0 Å². The molecule has 3 rings (SSSR count). The quantitative estimate of drug-likeness (QED) is 0.627. The Morgan fingerprint density at radius 1 is 1.30 bits per heavy atom. The normalized spacial score (nSPS) is 10.6. The molecule has 0 aliphatic heterocycles. The average molecular weight is 387 g/mol. The van der Waals surface area contributed by atoms with Gasteiger partial charge in [0.25, 0.3) is 0 Å². The van der Waals surface area contributed by atoms with Gasteiger partial charge in [-0.1, -0.05) is 30.0 Å². The van der Waals surface area contributed by atoms with Crippen LogP contribution in [0.2, 0.25) is 0 Å². The largest absolute Gasteiger partial charge is 0.492 e. The molecule has 0 aliphatic rings. The molecule has 0 saturated heterocycles. The number of carbonyl (C=O) groups is 1. The SMILES string of the molecule is CCOc1ccccc1-n1nnnc1SCC(=O)Nc1cc(F)ccc1C. The molecule has 1 N–H and O–H groups in total. The smallest absolute Gasteiger partial charge is 0.234 e. The number of nitrogens with zero attached hydrogens (tertiary/aromatic N) is 4. The van der Waals surface area contributed by atoms with E-state index < -0.39 is 5.82 Å². The number of tetrazole rings is 1. The molecule has 0 radical (unpaired) electrons. The fraction of sp³-hybridized carbons (Fsp3) is 0.222. The van der Waals surface area contributed by atoms with E-state index >= 15 is 0 Å². The summed E-state index contributed by atoms with van der Waals surface area (Å²) in [4.78, 5) is 12.2. The van der Waals surface area contributed by atoms with E-state index in [1.54, 1.807) is 13.0 Å². The summed E-state index contributed by atoms with van der Waals surface area (Å²) in [5.41, 5.74) is 1.92. The van der Waals surface area contributed by atoms with E-state index in [-0.39, 0.29) is 11.7 Å². The van der Waals surface area contributed by atoms with Crippen molar-refractivity contribution in [2.75, 3.05) is 17.7 Å². The topological polar surface area (TPSA) is 81.9 Å². The van der Waals surface area contributed by atoms with Crippen LogP contribution in [-0.4, -0.2) is 38.5 Å². The Labute approximate surface area is 159 Å². The molecule has 0 aliphatic carbocycles. The first-order chi connectivity index (χ1) is 13.1. The van der Waals surface area contributed by atoms with E-state index in [1.807, 2.05) is 31.2 Å². The highest BCUT2D eigenvalue weighted by Gasteiger charge is 2.15. The van der Waals surface area contributed by atoms with Crippen LogP contribution in [0.4, 0.5) is 10.1 Å². The number of carbonyl (C=O) groups excluding carboxylic acids is 1. The van der Waals surface area contributed by atoms with Gasteiger partial charge in [-0.2, -0.15) is 4.68 Å². The van der Waals surface area contributed by atoms with E-state index in [0.717, 1.165) is 5.56 Å². The van der Waals surface area contributed by atoms with Crippen LogP contribution in [0.25, 0.3) is 5.69 Å². The average Bonchev–Trinajstić information content (AvgIpc) is 3.12. The third-order valence-electron chi connectivity index (χ3n) is 3.64. The second-order valence-corrected chi connectivity index (χ2v) is 6.51. The zero-order chi connectivity index (χ0) is 19.2. The van der Waals surface area contributed by atoms with Crippen molar-refractivity contribution in [3.63, 3.8) is 0 Å². The highest BCUT2D eigenvalue weighted by atomic mass is 32.2. The van der Waals surface area contributed by atoms with Crippen molar-refractivity contribution in [3.05, 3.63) is 53.8 Å². The second kappa shape index (κ2) is 8.63. The molecule has 9 heteroatoms. The zero-order valence-electron chi connectivity index (χ0n) is 14.8. The van der Waals surface area contributed by atoms with Gasteiger partial charge >= 0.3 is 0 Å². The van der Waals surface area contributed by atoms with Crippen molar-refractivity contribution in [3.8, 4) is 11.4 Å². The van der Waals surface area contributed by atoms with Crippen LogP contribution in [0, 0.1) is 12.7 Å². The minimum atomic E-state index is -0.403. The molecular weight excluding hydrogens is 369 g/mol. The molecule has 2 aromatic carbocycles. The Hall–Kier alpha value is -2.94. The summed E-state index contributed by atoms with van der Waals surface area (Å²) in [6, 6.07) is 11.6. The predicted octanol–water partition coefficient (Wildman–Crippen LogP) is 3.24. The van der Waals surface area contributed by atoms with Crippen molar-refractivity contribution in [2.24, 2.45) is 0 Å². The van der Waals surface area contributed by atoms with Crippen molar-refractivity contribution in [1.82, 2.24) is 20.2 Å². The summed E-state index contributed by atoms with van der Waals surface area (Å²) in [7, 11) is 0. The van der Waals surface area contributed by atoms with E-state index in [4.69, 9.17) is 4.74 Å². The van der Waals surface area contributed by atoms with Crippen molar-refractivity contribution >= 4 is 23.4 Å². The Bertz CT molecular complexity index is 947. The second-order valence-electron chi connectivity index (χ2n) is 5.57. The summed E-state index contributed by atoms with van der Waals surface area (Å²) >= 11 is 1.18. The van der Waals surface area contributed by atoms with Crippen LogP contribution in [0.15, 0.2) is 47.6 Å². The van der Waals surface area contributed by atoms with Gasteiger partial charge in [0.2, 0.25) is 11.1 Å². The molecule has 140 valence electrons. The Kier molecular flexibility index (Phi) is 6.02. The van der Waals surface area contributed by atoms with Crippen LogP contribution in [0.3, 0.4) is 0 Å². The van der Waals surface area contributed by atoms with Gasteiger partial charge in [-0.05, 0) is 54.1 Å². The van der Waals surface area contributed by atoms with Gasteiger partial charge in [-0.15, -0.1) is 5.10 Å². The number of anilines is 1. The predicted molar refractivity (Wildman–Crippen MR) is 101 cm³/mol. The number of nitrogens with one attached hydrogen (secondary N) is 1. The summed E-state index contributed by atoms with van der Waals surface area (Å²) in [6.45, 7) is 4.20. The summed E-state index contributed by atoms with van der Waals surface area (Å²) < 4.78 is 20.5. The molecule has 3 aromatic rings. The summed E-state index contributed by atoms with van der Waals surface area (Å²) in [6.07, 6.45) is 0. The lowest BCUT2D eigenvalue weighted by Gasteiger charge is -2.11. The van der Waals surface area contributed by atoms with Crippen LogP contribution in [0.1, 0.15) is 12.5 Å². The maximum absolute atomic E-state index is 13.3. The third-order valence-corrected chi connectivity index (χ3v) is 4.56. The molecule has 0 saturated carbocycles. The number of aryl methyl sites for hydroxylation is 1. The number of halogens is 1. The van der Waals surface area contributed by atoms with Crippen LogP contribution in [0.5, 0.6) is 5.75 Å². The van der Waals surface area contributed by atoms with E-state index in [2.05, 4.69) is 20.8 Å². The lowest BCUT2D eigenvalue weighted by Crippen LogP contribution is -2.15. The van der Waals surface area contributed by atoms with Gasteiger partial charge in [0, 0.05) is 5.69 Å². The maximum Gasteiger partial charge on any atom is 0.234 e. The van der Waals surface area contributed by atoms with Gasteiger partial charge in [0.1, 0.15) is 17.3 Å². The van der Waals surface area contributed by atoms with Crippen LogP contribution in [-0.2, 0) is 4.79 Å². The minimum absolute atomic E-state index is 0.0765. The summed E-state index contributed by atoms with van der Waals surface area (Å²) in [5.74, 6) is 0.0444. The number of aromatic nitrogens is 4. The van der Waals surface area contributed by atoms with Gasteiger partial charge in [-0.3, -0.25) is 4.79 Å². The molecule has 0 fully saturated rings. The lowest BCUT2D eigenvalue weighted by molar-refractivity contribution is -0.113. The molecule has 27 heavy (non-hydrogen) atoms. The number of para-hydroxylation sites is 2. The number of rotatable bonds is 7. The zero-order valence-corrected chi connectivity index (χ0v) is 15.7. The van der Waals surface area contributed by atoms with Crippen LogP contribution < -0.4 is 10.1 Å². The number of ether oxygens (including phenoxy) is 1. The number of hydrogen-bond donors (Lipinski definition) is 1. The fourth-order valence-electron chi connectivity index (χ4n) is 2.38. The fourth-order valence-corrected chi connectivity index (χ4v) is 3.06. The van der Waals surface area contributed by atoms with Crippen molar-refractivity contribution in [1.29, 1.82) is 0 Å². The first-order valence-electron chi connectivity index (χ1n) is 8.28. The van der Waals surface area contributed by atoms with Crippen LogP contribution >= 0.6 is 11.8 Å². The van der Waals surface area contributed by atoms with E-state index in [0.29, 0.717) is 28.9 Å². The van der Waals surface area contributed by atoms with Gasteiger partial charge in [-0.25, -0.2) is 4.39 Å². The lowest BCUT2D eigenvalue weighted by atomic mass is 10.2. The highest BCUT2D eigenvalue weighted by Crippen LogP contribution is 2.26. The minimum Gasteiger partial charge on any atom is -0.492 e. The first kappa shape index (κ1) is 18.8. The summed E-state index contributed by atoms with van der Waals surface area (Å²) in [5, 5.41) is 14.8. The molecule has 0 bridgehead atoms. The molecule has 0 unspecified atom stereocenters. The number of benzene rings is 2. The highest BCUT2D eigenvalue weighted by molar-refractivity contribution is 7.99. The monoisotopic (exact) mass is 387 g/mol. The number of amides is 1. The van der Waals surface area contributed by atoms with Gasteiger partial charge < -0.3 is 10.1 Å². The number of hydrogen-bond acceptors (Lipinski definition) is 6. The van der Waals surface area contributed by atoms with Crippen molar-refractivity contribution < 1.29 is 13.9 Å². The molecule has 0 atom stereocenters. The molecule has 0 spiro atoms. The Morgan fingerprint density at radius 3 is 2.93 bits per heavy atom. The molecule has 1 amide bonds. The van der Waals surface area contributed by atoms with Gasteiger partial charge in [0.05, 0.1) is 12.4 Å². The Morgan fingerprint density at radius 2 is 2.11 bits per heavy atom. The van der Waals surface area contributed by atoms with E-state index in [1.165, 1.54) is 28.6 Å². The third kappa shape index (κ3) is 4.62.